The molecule has 0 heterocycles. The van der Waals surface area contributed by atoms with Crippen molar-refractivity contribution in [3.63, 3.8) is 0 Å². The minimum atomic E-state index is -0.0228. The van der Waals surface area contributed by atoms with Crippen LogP contribution in [0.25, 0.3) is 0 Å². The zero-order valence-electron chi connectivity index (χ0n) is 14.8. The van der Waals surface area contributed by atoms with Crippen molar-refractivity contribution in [1.29, 1.82) is 0 Å². The summed E-state index contributed by atoms with van der Waals surface area (Å²) in [4.78, 5) is 27.4. The molecule has 0 aromatic heterocycles. The van der Waals surface area contributed by atoms with E-state index in [1.165, 1.54) is 5.56 Å². The van der Waals surface area contributed by atoms with Gasteiger partial charge in [-0.05, 0) is 39.5 Å². The minimum Gasteiger partial charge on any atom is -0.352 e. The fourth-order valence-electron chi connectivity index (χ4n) is 2.35. The Hall–Kier alpha value is -1.88. The lowest BCUT2D eigenvalue weighted by molar-refractivity contribution is -0.129. The topological polar surface area (TPSA) is 52.7 Å². The Morgan fingerprint density at radius 2 is 1.87 bits per heavy atom. The maximum Gasteiger partial charge on any atom is 0.222 e. The Morgan fingerprint density at radius 1 is 1.13 bits per heavy atom. The molecule has 1 rings (SSSR count). The zero-order chi connectivity index (χ0) is 17.2. The summed E-state index contributed by atoms with van der Waals surface area (Å²) in [5.41, 5.74) is 2.27. The number of nitrogens with one attached hydrogen (secondary N) is 1. The summed E-state index contributed by atoms with van der Waals surface area (Å²) in [5.74, 6) is 0.000561. The number of amides is 2. The molecule has 2 amide bonds. The fourth-order valence-corrected chi connectivity index (χ4v) is 2.35. The first-order chi connectivity index (χ1) is 10.9. The van der Waals surface area contributed by atoms with Crippen LogP contribution in [0.15, 0.2) is 24.3 Å². The van der Waals surface area contributed by atoms with Crippen molar-refractivity contribution in [1.82, 2.24) is 15.1 Å². The maximum atomic E-state index is 12.0. The molecule has 1 aromatic carbocycles. The molecule has 0 saturated heterocycles. The van der Waals surface area contributed by atoms with Crippen LogP contribution in [0.3, 0.4) is 0 Å². The van der Waals surface area contributed by atoms with Gasteiger partial charge >= 0.3 is 0 Å². The van der Waals surface area contributed by atoms with E-state index in [0.29, 0.717) is 26.1 Å². The molecule has 1 N–H and O–H groups in total. The molecule has 0 aliphatic rings. The number of hydrogen-bond acceptors (Lipinski definition) is 3. The van der Waals surface area contributed by atoms with Crippen molar-refractivity contribution in [2.45, 2.75) is 33.2 Å². The van der Waals surface area contributed by atoms with Gasteiger partial charge in [-0.15, -0.1) is 0 Å². The number of rotatable bonds is 9. The molecular weight excluding hydrogens is 290 g/mol. The second-order valence-electron chi connectivity index (χ2n) is 6.18. The van der Waals surface area contributed by atoms with Crippen molar-refractivity contribution in [2.24, 2.45) is 0 Å². The van der Waals surface area contributed by atoms with E-state index in [4.69, 9.17) is 0 Å². The highest BCUT2D eigenvalue weighted by Gasteiger charge is 2.11. The van der Waals surface area contributed by atoms with Crippen molar-refractivity contribution in [2.75, 3.05) is 33.7 Å². The molecule has 0 spiro atoms. The van der Waals surface area contributed by atoms with Crippen LogP contribution >= 0.6 is 0 Å². The van der Waals surface area contributed by atoms with Gasteiger partial charge in [-0.25, -0.2) is 0 Å². The molecule has 5 heteroatoms. The summed E-state index contributed by atoms with van der Waals surface area (Å²) in [5, 5.41) is 2.91. The van der Waals surface area contributed by atoms with Gasteiger partial charge in [0.15, 0.2) is 0 Å². The lowest BCUT2D eigenvalue weighted by atomic mass is 10.1. The monoisotopic (exact) mass is 319 g/mol. The number of hydrogen-bond donors (Lipinski definition) is 1. The van der Waals surface area contributed by atoms with Crippen molar-refractivity contribution < 1.29 is 9.59 Å². The standard InChI is InChI=1S/C18H29N3O2/c1-15-7-5-8-17(13-15)14-19-18(23)9-12-21(16(2)22)11-6-10-20(3)4/h5,7-8,13H,6,9-12,14H2,1-4H3,(H,19,23). The van der Waals surface area contributed by atoms with Gasteiger partial charge in [0.2, 0.25) is 11.8 Å². The normalized spacial score (nSPS) is 10.7. The quantitative estimate of drug-likeness (QED) is 0.755. The number of benzene rings is 1. The number of aryl methyl sites for hydroxylation is 1. The third-order valence-electron chi connectivity index (χ3n) is 3.66. The van der Waals surface area contributed by atoms with Gasteiger partial charge in [-0.3, -0.25) is 9.59 Å². The Kier molecular flexibility index (Phi) is 8.33. The number of carbonyl (C=O) groups excluding carboxylic acids is 2. The Morgan fingerprint density at radius 3 is 2.48 bits per heavy atom. The summed E-state index contributed by atoms with van der Waals surface area (Å²) in [6, 6.07) is 8.07. The molecule has 0 radical (unpaired) electrons. The largest absolute Gasteiger partial charge is 0.352 e. The maximum absolute atomic E-state index is 12.0. The molecule has 0 bridgehead atoms. The van der Waals surface area contributed by atoms with Crippen molar-refractivity contribution in [3.8, 4) is 0 Å². The summed E-state index contributed by atoms with van der Waals surface area (Å²) in [6.07, 6.45) is 1.25. The lowest BCUT2D eigenvalue weighted by Crippen LogP contribution is -2.35. The Bertz CT molecular complexity index is 515. The van der Waals surface area contributed by atoms with Crippen LogP contribution in [-0.4, -0.2) is 55.3 Å². The molecule has 0 aliphatic heterocycles. The minimum absolute atomic E-state index is 0.0228. The van der Waals surface area contributed by atoms with Crippen molar-refractivity contribution in [3.05, 3.63) is 35.4 Å². The summed E-state index contributed by atoms with van der Waals surface area (Å²) in [7, 11) is 4.02. The highest BCUT2D eigenvalue weighted by atomic mass is 16.2. The van der Waals surface area contributed by atoms with E-state index >= 15 is 0 Å². The van der Waals surface area contributed by atoms with Crippen LogP contribution in [0.5, 0.6) is 0 Å². The summed E-state index contributed by atoms with van der Waals surface area (Å²) < 4.78 is 0. The van der Waals surface area contributed by atoms with Crippen molar-refractivity contribution >= 4 is 11.8 Å². The van der Waals surface area contributed by atoms with Crippen LogP contribution in [0.1, 0.15) is 30.9 Å². The van der Waals surface area contributed by atoms with Crippen LogP contribution in [0.4, 0.5) is 0 Å². The first-order valence-corrected chi connectivity index (χ1v) is 8.11. The highest BCUT2D eigenvalue weighted by Crippen LogP contribution is 2.03. The third kappa shape index (κ3) is 8.35. The van der Waals surface area contributed by atoms with Crippen LogP contribution in [0.2, 0.25) is 0 Å². The molecule has 128 valence electrons. The van der Waals surface area contributed by atoms with E-state index in [9.17, 15) is 9.59 Å². The Labute approximate surface area is 139 Å². The zero-order valence-corrected chi connectivity index (χ0v) is 14.8. The summed E-state index contributed by atoms with van der Waals surface area (Å²) in [6.45, 7) is 6.22. The molecule has 0 atom stereocenters. The smallest absolute Gasteiger partial charge is 0.222 e. The van der Waals surface area contributed by atoms with Gasteiger partial charge in [0.1, 0.15) is 0 Å². The van der Waals surface area contributed by atoms with E-state index in [1.807, 2.05) is 39.2 Å². The molecule has 0 unspecified atom stereocenters. The lowest BCUT2D eigenvalue weighted by Gasteiger charge is -2.21. The molecule has 23 heavy (non-hydrogen) atoms. The molecular formula is C18H29N3O2. The second kappa shape index (κ2) is 10.0. The predicted octanol–water partition coefficient (Wildman–Crippen LogP) is 1.80. The van der Waals surface area contributed by atoms with Gasteiger partial charge in [0.05, 0.1) is 0 Å². The fraction of sp³-hybridized carbons (Fsp3) is 0.556. The van der Waals surface area contributed by atoms with E-state index < -0.39 is 0 Å². The molecule has 0 saturated carbocycles. The highest BCUT2D eigenvalue weighted by molar-refractivity contribution is 5.78. The first kappa shape index (κ1) is 19.2. The second-order valence-corrected chi connectivity index (χ2v) is 6.18. The van der Waals surface area contributed by atoms with Crippen LogP contribution in [-0.2, 0) is 16.1 Å². The average Bonchev–Trinajstić information content (AvgIpc) is 2.48. The van der Waals surface area contributed by atoms with Gasteiger partial charge < -0.3 is 15.1 Å². The van der Waals surface area contributed by atoms with E-state index in [1.54, 1.807) is 11.8 Å². The molecule has 0 fully saturated rings. The predicted molar refractivity (Wildman–Crippen MR) is 93.1 cm³/mol. The van der Waals surface area contributed by atoms with Gasteiger partial charge in [0.25, 0.3) is 0 Å². The molecule has 0 aliphatic carbocycles. The van der Waals surface area contributed by atoms with E-state index in [-0.39, 0.29) is 11.8 Å². The summed E-state index contributed by atoms with van der Waals surface area (Å²) >= 11 is 0. The van der Waals surface area contributed by atoms with E-state index in [0.717, 1.165) is 18.5 Å². The molecule has 5 nitrogen and oxygen atoms in total. The van der Waals surface area contributed by atoms with Crippen LogP contribution in [0, 0.1) is 6.92 Å². The van der Waals surface area contributed by atoms with Crippen LogP contribution < -0.4 is 5.32 Å². The van der Waals surface area contributed by atoms with Gasteiger partial charge in [0, 0.05) is 33.0 Å². The molecule has 1 aromatic rings. The van der Waals surface area contributed by atoms with E-state index in [2.05, 4.69) is 16.3 Å². The third-order valence-corrected chi connectivity index (χ3v) is 3.66. The first-order valence-electron chi connectivity index (χ1n) is 8.11. The number of nitrogens with zero attached hydrogens (tertiary/aromatic N) is 2. The number of carbonyl (C=O) groups is 2. The average molecular weight is 319 g/mol. The SMILES string of the molecule is CC(=O)N(CCCN(C)C)CCC(=O)NCc1cccc(C)c1. The van der Waals surface area contributed by atoms with Gasteiger partial charge in [-0.2, -0.15) is 0 Å². The van der Waals surface area contributed by atoms with Gasteiger partial charge in [-0.1, -0.05) is 29.8 Å². The Balaban J connectivity index is 2.32.